The molecular weight excluding hydrogens is 402 g/mol. The zero-order valence-corrected chi connectivity index (χ0v) is 17.2. The first-order chi connectivity index (χ1) is 14.8. The minimum absolute atomic E-state index is 0.0688. The molecule has 0 unspecified atom stereocenters. The number of hydrogen-bond acceptors (Lipinski definition) is 6. The van der Waals surface area contributed by atoms with Crippen LogP contribution in [0.4, 0.5) is 17.1 Å². The summed E-state index contributed by atoms with van der Waals surface area (Å²) in [5, 5.41) is 5.31. The number of methoxy groups -OCH3 is 1. The molecule has 9 nitrogen and oxygen atoms in total. The van der Waals surface area contributed by atoms with Gasteiger partial charge in [0, 0.05) is 36.1 Å². The third-order valence-electron chi connectivity index (χ3n) is 4.58. The quantitative estimate of drug-likeness (QED) is 0.564. The predicted octanol–water partition coefficient (Wildman–Crippen LogP) is 2.35. The lowest BCUT2D eigenvalue weighted by Crippen LogP contribution is -2.35. The summed E-state index contributed by atoms with van der Waals surface area (Å²) in [4.78, 5) is 49.2. The first-order valence-electron chi connectivity index (χ1n) is 9.31. The van der Waals surface area contributed by atoms with E-state index in [2.05, 4.69) is 15.4 Å². The van der Waals surface area contributed by atoms with Gasteiger partial charge in [0.25, 0.3) is 11.8 Å². The molecular formula is C22H21N3O6. The van der Waals surface area contributed by atoms with Crippen LogP contribution in [0.25, 0.3) is 0 Å². The summed E-state index contributed by atoms with van der Waals surface area (Å²) in [5.41, 5.74) is 2.09. The number of carbonyl (C=O) groups excluding carboxylic acids is 4. The van der Waals surface area contributed by atoms with Crippen molar-refractivity contribution in [2.75, 3.05) is 36.3 Å². The smallest absolute Gasteiger partial charge is 0.337 e. The molecule has 31 heavy (non-hydrogen) atoms. The van der Waals surface area contributed by atoms with Gasteiger partial charge in [-0.25, -0.2) is 4.79 Å². The van der Waals surface area contributed by atoms with Gasteiger partial charge in [-0.15, -0.1) is 0 Å². The number of nitrogens with one attached hydrogen (secondary N) is 2. The Kier molecular flexibility index (Phi) is 6.35. The van der Waals surface area contributed by atoms with Gasteiger partial charge in [-0.1, -0.05) is 0 Å². The van der Waals surface area contributed by atoms with E-state index in [-0.39, 0.29) is 18.1 Å². The normalized spacial score (nSPS) is 13.1. The van der Waals surface area contributed by atoms with Crippen molar-refractivity contribution in [1.82, 2.24) is 0 Å². The molecule has 9 heteroatoms. The standard InChI is InChI=1S/C22H21N3O6/c1-13(21(28)24-15-6-4-14(5-7-15)22(29)30-3)10-19(26)23-16-8-9-17-18(11-16)31-12-20(27)25(17)2/h4-11H,12H2,1-3H3,(H,23,26)(H,24,28)/b13-10+. The highest BCUT2D eigenvalue weighted by molar-refractivity contribution is 6.10. The number of fused-ring (bicyclic) bond motifs is 1. The van der Waals surface area contributed by atoms with E-state index in [0.29, 0.717) is 28.4 Å². The number of rotatable bonds is 5. The number of hydrogen-bond donors (Lipinski definition) is 2. The fourth-order valence-electron chi connectivity index (χ4n) is 2.83. The largest absolute Gasteiger partial charge is 0.481 e. The number of likely N-dealkylation sites (N-methyl/N-ethyl adjacent to an activating group) is 1. The molecule has 1 heterocycles. The molecule has 1 aliphatic heterocycles. The Morgan fingerprint density at radius 2 is 1.74 bits per heavy atom. The zero-order chi connectivity index (χ0) is 22.5. The Bertz CT molecular complexity index is 1080. The summed E-state index contributed by atoms with van der Waals surface area (Å²) in [5.74, 6) is -1.11. The maximum atomic E-state index is 12.3. The second-order valence-corrected chi connectivity index (χ2v) is 6.76. The van der Waals surface area contributed by atoms with Crippen LogP contribution in [0, 0.1) is 0 Å². The van der Waals surface area contributed by atoms with Crippen LogP contribution in [0.3, 0.4) is 0 Å². The molecule has 1 aliphatic rings. The lowest BCUT2D eigenvalue weighted by Gasteiger charge is -2.26. The van der Waals surface area contributed by atoms with E-state index in [9.17, 15) is 19.2 Å². The van der Waals surface area contributed by atoms with E-state index in [0.717, 1.165) is 0 Å². The van der Waals surface area contributed by atoms with Gasteiger partial charge in [-0.05, 0) is 43.3 Å². The minimum atomic E-state index is -0.492. The van der Waals surface area contributed by atoms with E-state index in [1.807, 2.05) is 0 Å². The average molecular weight is 423 g/mol. The fourth-order valence-corrected chi connectivity index (χ4v) is 2.83. The molecule has 0 saturated heterocycles. The number of benzene rings is 2. The van der Waals surface area contributed by atoms with Crippen molar-refractivity contribution in [1.29, 1.82) is 0 Å². The predicted molar refractivity (Wildman–Crippen MR) is 114 cm³/mol. The highest BCUT2D eigenvalue weighted by atomic mass is 16.5. The molecule has 0 atom stereocenters. The van der Waals surface area contributed by atoms with Gasteiger partial charge in [0.1, 0.15) is 5.75 Å². The summed E-state index contributed by atoms with van der Waals surface area (Å²) in [6.07, 6.45) is 1.17. The van der Waals surface area contributed by atoms with E-state index in [4.69, 9.17) is 4.74 Å². The minimum Gasteiger partial charge on any atom is -0.481 e. The zero-order valence-electron chi connectivity index (χ0n) is 17.2. The monoisotopic (exact) mass is 423 g/mol. The SMILES string of the molecule is COC(=O)c1ccc(NC(=O)/C(C)=C/C(=O)Nc2ccc3c(c2)OCC(=O)N3C)cc1. The molecule has 0 spiro atoms. The van der Waals surface area contributed by atoms with E-state index >= 15 is 0 Å². The summed E-state index contributed by atoms with van der Waals surface area (Å²) >= 11 is 0. The lowest BCUT2D eigenvalue weighted by molar-refractivity contribution is -0.121. The molecule has 2 aromatic carbocycles. The Hall–Kier alpha value is -4.14. The average Bonchev–Trinajstić information content (AvgIpc) is 2.76. The number of amides is 3. The number of esters is 1. The molecule has 3 amide bonds. The maximum absolute atomic E-state index is 12.3. The molecule has 0 aromatic heterocycles. The van der Waals surface area contributed by atoms with Crippen LogP contribution in [0.2, 0.25) is 0 Å². The molecule has 0 aliphatic carbocycles. The Balaban J connectivity index is 1.62. The topological polar surface area (TPSA) is 114 Å². The summed E-state index contributed by atoms with van der Waals surface area (Å²) in [7, 11) is 2.93. The number of ether oxygens (including phenoxy) is 2. The molecule has 2 aromatic rings. The van der Waals surface area contributed by atoms with Crippen LogP contribution in [0.15, 0.2) is 54.1 Å². The maximum Gasteiger partial charge on any atom is 0.337 e. The van der Waals surface area contributed by atoms with Gasteiger partial charge < -0.3 is 25.0 Å². The van der Waals surface area contributed by atoms with Gasteiger partial charge in [0.2, 0.25) is 5.91 Å². The molecule has 0 radical (unpaired) electrons. The molecule has 0 fully saturated rings. The van der Waals surface area contributed by atoms with Crippen molar-refractivity contribution in [2.24, 2.45) is 0 Å². The molecule has 0 bridgehead atoms. The lowest BCUT2D eigenvalue weighted by atomic mass is 10.2. The Labute approximate surface area is 178 Å². The highest BCUT2D eigenvalue weighted by Gasteiger charge is 2.22. The Morgan fingerprint density at radius 3 is 2.42 bits per heavy atom. The molecule has 0 saturated carbocycles. The van der Waals surface area contributed by atoms with E-state index < -0.39 is 17.8 Å². The second-order valence-electron chi connectivity index (χ2n) is 6.76. The fraction of sp³-hybridized carbons (Fsp3) is 0.182. The van der Waals surface area contributed by atoms with Crippen molar-refractivity contribution in [2.45, 2.75) is 6.92 Å². The first-order valence-corrected chi connectivity index (χ1v) is 9.31. The highest BCUT2D eigenvalue weighted by Crippen LogP contribution is 2.33. The van der Waals surface area contributed by atoms with Crippen LogP contribution < -0.4 is 20.3 Å². The van der Waals surface area contributed by atoms with Crippen molar-refractivity contribution in [3.05, 3.63) is 59.7 Å². The van der Waals surface area contributed by atoms with Crippen molar-refractivity contribution < 1.29 is 28.7 Å². The van der Waals surface area contributed by atoms with Crippen molar-refractivity contribution >= 4 is 40.8 Å². The van der Waals surface area contributed by atoms with Crippen LogP contribution >= 0.6 is 0 Å². The Morgan fingerprint density at radius 1 is 1.06 bits per heavy atom. The molecule has 160 valence electrons. The van der Waals surface area contributed by atoms with Crippen LogP contribution in [0.5, 0.6) is 5.75 Å². The van der Waals surface area contributed by atoms with E-state index in [1.165, 1.54) is 37.1 Å². The van der Waals surface area contributed by atoms with Gasteiger partial charge in [-0.3, -0.25) is 14.4 Å². The van der Waals surface area contributed by atoms with Crippen LogP contribution in [-0.2, 0) is 19.1 Å². The van der Waals surface area contributed by atoms with E-state index in [1.54, 1.807) is 37.4 Å². The van der Waals surface area contributed by atoms with Gasteiger partial charge >= 0.3 is 5.97 Å². The summed E-state index contributed by atoms with van der Waals surface area (Å²) in [6, 6.07) is 11.1. The van der Waals surface area contributed by atoms with Gasteiger partial charge in [-0.2, -0.15) is 0 Å². The molecule has 2 N–H and O–H groups in total. The third kappa shape index (κ3) is 5.08. The summed E-state index contributed by atoms with van der Waals surface area (Å²) < 4.78 is 10.0. The van der Waals surface area contributed by atoms with Gasteiger partial charge in [0.15, 0.2) is 6.61 Å². The van der Waals surface area contributed by atoms with Crippen molar-refractivity contribution in [3.8, 4) is 5.75 Å². The number of nitrogens with zero attached hydrogens (tertiary/aromatic N) is 1. The molecule has 3 rings (SSSR count). The number of anilines is 3. The van der Waals surface area contributed by atoms with Crippen LogP contribution in [0.1, 0.15) is 17.3 Å². The van der Waals surface area contributed by atoms with Crippen molar-refractivity contribution in [3.63, 3.8) is 0 Å². The summed E-state index contributed by atoms with van der Waals surface area (Å²) in [6.45, 7) is 1.44. The van der Waals surface area contributed by atoms with Gasteiger partial charge in [0.05, 0.1) is 18.4 Å². The number of carbonyl (C=O) groups is 4. The first kappa shape index (κ1) is 21.6. The van der Waals surface area contributed by atoms with Crippen LogP contribution in [-0.4, -0.2) is 44.5 Å². The second kappa shape index (κ2) is 9.12. The third-order valence-corrected chi connectivity index (χ3v) is 4.58.